The third-order valence-corrected chi connectivity index (χ3v) is 8.00. The summed E-state index contributed by atoms with van der Waals surface area (Å²) in [5.41, 5.74) is 2.29. The van der Waals surface area contributed by atoms with E-state index < -0.39 is 0 Å². The minimum Gasteiger partial charge on any atom is -0.388 e. The Morgan fingerprint density at radius 1 is 0.967 bits per heavy atom. The molecule has 4 aliphatic rings. The molecule has 0 spiro atoms. The number of hydrogen-bond acceptors (Lipinski definition) is 3. The molecule has 4 rings (SSSR count). The molecular formula is C27H48O3. The zero-order valence-corrected chi connectivity index (χ0v) is 21.3. The topological polar surface area (TPSA) is 35.5 Å². The summed E-state index contributed by atoms with van der Waals surface area (Å²) >= 11 is 0. The van der Waals surface area contributed by atoms with Crippen LogP contribution < -0.4 is 0 Å². The van der Waals surface area contributed by atoms with E-state index in [1.165, 1.54) is 38.5 Å². The Balaban J connectivity index is 0.000000347. The first-order valence-corrected chi connectivity index (χ1v) is 12.1. The van der Waals surface area contributed by atoms with Gasteiger partial charge >= 0.3 is 0 Å². The van der Waals surface area contributed by atoms with Crippen molar-refractivity contribution >= 4 is 5.78 Å². The van der Waals surface area contributed by atoms with Gasteiger partial charge in [-0.15, -0.1) is 0 Å². The number of carbonyl (C=O) groups is 1. The second-order valence-electron chi connectivity index (χ2n) is 12.1. The second kappa shape index (κ2) is 9.86. The molecule has 6 atom stereocenters. The lowest BCUT2D eigenvalue weighted by Crippen LogP contribution is -2.52. The zero-order valence-electron chi connectivity index (χ0n) is 21.3. The highest BCUT2D eigenvalue weighted by atomic mass is 16.5. The summed E-state index contributed by atoms with van der Waals surface area (Å²) in [7, 11) is 5.04. The predicted molar refractivity (Wildman–Crippen MR) is 126 cm³/mol. The molecule has 0 aromatic carbocycles. The molecule has 0 bridgehead atoms. The number of rotatable bonds is 1. The molecular weight excluding hydrogens is 372 g/mol. The van der Waals surface area contributed by atoms with E-state index in [4.69, 9.17) is 4.74 Å². The molecule has 4 aliphatic carbocycles. The van der Waals surface area contributed by atoms with E-state index in [9.17, 15) is 4.79 Å². The number of carbonyl (C=O) groups excluding carboxylic acids is 1. The van der Waals surface area contributed by atoms with Crippen molar-refractivity contribution in [3.63, 3.8) is 0 Å². The fraction of sp³-hybridized carbons (Fsp3) is 0.889. The highest BCUT2D eigenvalue weighted by Gasteiger charge is 2.60. The molecule has 0 aliphatic heterocycles. The van der Waals surface area contributed by atoms with Crippen molar-refractivity contribution in [2.24, 2.45) is 34.0 Å². The van der Waals surface area contributed by atoms with Crippen LogP contribution in [0.1, 0.15) is 92.9 Å². The van der Waals surface area contributed by atoms with Gasteiger partial charge in [0.25, 0.3) is 0 Å². The van der Waals surface area contributed by atoms with Crippen molar-refractivity contribution in [1.29, 1.82) is 0 Å². The van der Waals surface area contributed by atoms with Crippen molar-refractivity contribution in [1.82, 2.24) is 0 Å². The minimum atomic E-state index is -0.263. The number of ether oxygens (including phenoxy) is 2. The van der Waals surface area contributed by atoms with Crippen LogP contribution in [-0.2, 0) is 14.3 Å². The molecule has 0 heterocycles. The van der Waals surface area contributed by atoms with Gasteiger partial charge in [0.15, 0.2) is 0 Å². The summed E-state index contributed by atoms with van der Waals surface area (Å²) in [6, 6.07) is 0. The van der Waals surface area contributed by atoms with Crippen molar-refractivity contribution < 1.29 is 14.3 Å². The van der Waals surface area contributed by atoms with E-state index in [1.807, 2.05) is 0 Å². The maximum atomic E-state index is 12.6. The van der Waals surface area contributed by atoms with Crippen LogP contribution in [0, 0.1) is 34.0 Å². The molecule has 0 saturated heterocycles. The predicted octanol–water partition coefficient (Wildman–Crippen LogP) is 6.85. The van der Waals surface area contributed by atoms with Crippen molar-refractivity contribution in [3.8, 4) is 0 Å². The summed E-state index contributed by atoms with van der Waals surface area (Å²) in [5, 5.41) is 0. The number of hydrogen-bond donors (Lipinski definition) is 0. The first-order valence-electron chi connectivity index (χ1n) is 12.1. The Kier molecular flexibility index (Phi) is 8.41. The smallest absolute Gasteiger partial charge is 0.141 e. The van der Waals surface area contributed by atoms with Crippen LogP contribution in [0.5, 0.6) is 0 Å². The molecule has 0 radical (unpaired) electrons. The second-order valence-corrected chi connectivity index (χ2v) is 12.1. The van der Waals surface area contributed by atoms with E-state index in [-0.39, 0.29) is 11.5 Å². The van der Waals surface area contributed by atoms with E-state index >= 15 is 0 Å². The van der Waals surface area contributed by atoms with Gasteiger partial charge in [-0.2, -0.15) is 0 Å². The number of allylic oxidation sites excluding steroid dienone is 1. The van der Waals surface area contributed by atoms with Crippen molar-refractivity contribution in [3.05, 3.63) is 11.6 Å². The molecule has 0 amide bonds. The average Bonchev–Trinajstić information content (AvgIpc) is 2.96. The molecule has 3 fully saturated rings. The summed E-state index contributed by atoms with van der Waals surface area (Å²) < 4.78 is 10.1. The first-order chi connectivity index (χ1) is 13.9. The maximum Gasteiger partial charge on any atom is 0.141 e. The molecule has 0 aromatic rings. The molecule has 30 heavy (non-hydrogen) atoms. The number of Topliss-reactive ketones (excluding diaryl/α,β-unsaturated/α-hetero) is 1. The fourth-order valence-corrected chi connectivity index (χ4v) is 6.64. The van der Waals surface area contributed by atoms with Gasteiger partial charge in [-0.1, -0.05) is 59.1 Å². The minimum absolute atomic E-state index is 0.00347. The van der Waals surface area contributed by atoms with Crippen LogP contribution in [0.2, 0.25) is 0 Å². The average molecular weight is 421 g/mol. The Labute approximate surface area is 186 Å². The molecule has 3 saturated carbocycles. The van der Waals surface area contributed by atoms with Crippen molar-refractivity contribution in [2.45, 2.75) is 99.0 Å². The number of methoxy groups -OCH3 is 2. The monoisotopic (exact) mass is 420 g/mol. The first kappa shape index (κ1) is 25.6. The quantitative estimate of drug-likeness (QED) is 0.435. The lowest BCUT2D eigenvalue weighted by Gasteiger charge is -2.56. The Morgan fingerprint density at radius 2 is 1.57 bits per heavy atom. The molecule has 174 valence electrons. The standard InChI is InChI=1S/C20H30O2.C5H12.C2H6O/c1-19-11-5-4-6-13(19)7-8-14-15-9-10-17(21)20(15,2)18(22-3)12-16(14)19;1-5(2,3)4;1-3-2/h12-15,18H,4-11H2,1-3H3;1-4H3;1-2H3. The summed E-state index contributed by atoms with van der Waals surface area (Å²) in [4.78, 5) is 12.6. The van der Waals surface area contributed by atoms with Crippen LogP contribution in [0.25, 0.3) is 0 Å². The summed E-state index contributed by atoms with van der Waals surface area (Å²) in [6.07, 6.45) is 12.4. The highest BCUT2D eigenvalue weighted by Crippen LogP contribution is 2.63. The lowest BCUT2D eigenvalue weighted by atomic mass is 9.49. The van der Waals surface area contributed by atoms with Crippen LogP contribution in [0.15, 0.2) is 11.6 Å². The van der Waals surface area contributed by atoms with E-state index in [2.05, 4.69) is 52.4 Å². The van der Waals surface area contributed by atoms with Crippen molar-refractivity contribution in [2.75, 3.05) is 21.3 Å². The van der Waals surface area contributed by atoms with Gasteiger partial charge in [-0.3, -0.25) is 4.79 Å². The largest absolute Gasteiger partial charge is 0.388 e. The van der Waals surface area contributed by atoms with Gasteiger partial charge in [0.1, 0.15) is 5.78 Å². The Hall–Kier alpha value is -0.670. The van der Waals surface area contributed by atoms with Crippen LogP contribution in [0.4, 0.5) is 0 Å². The number of fused-ring (bicyclic) bond motifs is 5. The van der Waals surface area contributed by atoms with Gasteiger partial charge in [-0.25, -0.2) is 0 Å². The molecule has 0 aromatic heterocycles. The van der Waals surface area contributed by atoms with E-state index in [1.54, 1.807) is 26.9 Å². The molecule has 3 heteroatoms. The van der Waals surface area contributed by atoms with Crippen LogP contribution in [-0.4, -0.2) is 33.2 Å². The van der Waals surface area contributed by atoms with Gasteiger partial charge in [-0.05, 0) is 67.6 Å². The van der Waals surface area contributed by atoms with Gasteiger partial charge in [0.2, 0.25) is 0 Å². The lowest BCUT2D eigenvalue weighted by molar-refractivity contribution is -0.135. The summed E-state index contributed by atoms with van der Waals surface area (Å²) in [6.45, 7) is 13.4. The number of ketones is 1. The Morgan fingerprint density at radius 3 is 2.13 bits per heavy atom. The van der Waals surface area contributed by atoms with Gasteiger partial charge < -0.3 is 9.47 Å². The maximum absolute atomic E-state index is 12.6. The van der Waals surface area contributed by atoms with E-state index in [0.29, 0.717) is 28.4 Å². The third-order valence-electron chi connectivity index (χ3n) is 8.00. The molecule has 0 N–H and O–H groups in total. The van der Waals surface area contributed by atoms with E-state index in [0.717, 1.165) is 18.8 Å². The highest BCUT2D eigenvalue weighted by molar-refractivity contribution is 5.88. The molecule has 6 unspecified atom stereocenters. The van der Waals surface area contributed by atoms with Crippen LogP contribution in [0.3, 0.4) is 0 Å². The van der Waals surface area contributed by atoms with Gasteiger partial charge in [0.05, 0.1) is 11.5 Å². The summed E-state index contributed by atoms with van der Waals surface area (Å²) in [5.74, 6) is 2.46. The Bertz CT molecular complexity index is 610. The SMILES string of the molecule is CC(C)(C)C.COC.COC1C=C2C(CCC3CCCCC23C)C2CCC(=O)C12C. The van der Waals surface area contributed by atoms with Crippen LogP contribution >= 0.6 is 0 Å². The van der Waals surface area contributed by atoms with Gasteiger partial charge in [0, 0.05) is 27.8 Å². The normalized spacial score (nSPS) is 39.9. The zero-order chi connectivity index (χ0) is 22.7. The molecule has 3 nitrogen and oxygen atoms in total. The fourth-order valence-electron chi connectivity index (χ4n) is 6.64. The third kappa shape index (κ3) is 5.04.